The summed E-state index contributed by atoms with van der Waals surface area (Å²) in [5.74, 6) is 0.617. The van der Waals surface area contributed by atoms with Crippen LogP contribution in [-0.2, 0) is 13.0 Å². The van der Waals surface area contributed by atoms with E-state index in [0.717, 1.165) is 24.9 Å². The second kappa shape index (κ2) is 4.66. The molecule has 0 saturated carbocycles. The summed E-state index contributed by atoms with van der Waals surface area (Å²) in [7, 11) is 0. The third-order valence-corrected chi connectivity index (χ3v) is 4.81. The van der Waals surface area contributed by atoms with Gasteiger partial charge in [0.1, 0.15) is 0 Å². The van der Waals surface area contributed by atoms with Crippen molar-refractivity contribution in [2.24, 2.45) is 16.7 Å². The van der Waals surface area contributed by atoms with Crippen LogP contribution in [0.4, 0.5) is 0 Å². The average Bonchev–Trinajstić information content (AvgIpc) is 2.58. The fourth-order valence-corrected chi connectivity index (χ4v) is 2.93. The standard InChI is InChI=1S/C17H29NO/c1-12(16(2,3)4)11-18-8-7-13-14(18)9-17(5,6)10-15(13)19/h7-8,12,15,19H,9-11H2,1-6H3. The maximum absolute atomic E-state index is 10.3. The van der Waals surface area contributed by atoms with Crippen molar-refractivity contribution in [3.8, 4) is 0 Å². The molecule has 1 N–H and O–H groups in total. The molecule has 19 heavy (non-hydrogen) atoms. The number of nitrogens with zero attached hydrogens (tertiary/aromatic N) is 1. The van der Waals surface area contributed by atoms with Crippen molar-refractivity contribution in [1.29, 1.82) is 0 Å². The summed E-state index contributed by atoms with van der Waals surface area (Å²) in [5.41, 5.74) is 3.02. The number of aliphatic hydroxyl groups excluding tert-OH is 1. The van der Waals surface area contributed by atoms with Crippen LogP contribution in [0.2, 0.25) is 0 Å². The second-order valence-corrected chi connectivity index (χ2v) is 8.20. The summed E-state index contributed by atoms with van der Waals surface area (Å²) in [6.45, 7) is 14.8. The van der Waals surface area contributed by atoms with Gasteiger partial charge in [-0.25, -0.2) is 0 Å². The Morgan fingerprint density at radius 1 is 1.42 bits per heavy atom. The summed E-state index contributed by atoms with van der Waals surface area (Å²) >= 11 is 0. The highest BCUT2D eigenvalue weighted by Crippen LogP contribution is 2.41. The number of rotatable bonds is 2. The van der Waals surface area contributed by atoms with Gasteiger partial charge in [0.15, 0.2) is 0 Å². The van der Waals surface area contributed by atoms with Crippen molar-refractivity contribution in [3.05, 3.63) is 23.5 Å². The Kier molecular flexibility index (Phi) is 3.59. The van der Waals surface area contributed by atoms with E-state index < -0.39 is 0 Å². The largest absolute Gasteiger partial charge is 0.388 e. The Bertz CT molecular complexity index is 450. The van der Waals surface area contributed by atoms with Crippen LogP contribution in [0.25, 0.3) is 0 Å². The van der Waals surface area contributed by atoms with Gasteiger partial charge in [-0.05, 0) is 35.7 Å². The predicted molar refractivity (Wildman–Crippen MR) is 80.1 cm³/mol. The van der Waals surface area contributed by atoms with Crippen molar-refractivity contribution < 1.29 is 5.11 Å². The zero-order valence-electron chi connectivity index (χ0n) is 13.3. The molecule has 0 bridgehead atoms. The molecule has 0 aromatic carbocycles. The van der Waals surface area contributed by atoms with Crippen LogP contribution in [0.1, 0.15) is 65.3 Å². The van der Waals surface area contributed by atoms with Crippen molar-refractivity contribution in [1.82, 2.24) is 4.57 Å². The quantitative estimate of drug-likeness (QED) is 0.851. The van der Waals surface area contributed by atoms with E-state index in [-0.39, 0.29) is 11.5 Å². The zero-order valence-corrected chi connectivity index (χ0v) is 13.3. The highest BCUT2D eigenvalue weighted by molar-refractivity contribution is 5.29. The Morgan fingerprint density at radius 3 is 2.63 bits per heavy atom. The fraction of sp³-hybridized carbons (Fsp3) is 0.765. The van der Waals surface area contributed by atoms with Crippen molar-refractivity contribution in [3.63, 3.8) is 0 Å². The molecular weight excluding hydrogens is 234 g/mol. The molecule has 108 valence electrons. The lowest BCUT2D eigenvalue weighted by Crippen LogP contribution is -2.28. The van der Waals surface area contributed by atoms with Gasteiger partial charge in [-0.1, -0.05) is 41.5 Å². The van der Waals surface area contributed by atoms with E-state index in [0.29, 0.717) is 11.3 Å². The van der Waals surface area contributed by atoms with E-state index >= 15 is 0 Å². The lowest BCUT2D eigenvalue weighted by Gasteiger charge is -2.35. The summed E-state index contributed by atoms with van der Waals surface area (Å²) in [6.07, 6.45) is 3.82. The van der Waals surface area contributed by atoms with Crippen LogP contribution in [0, 0.1) is 16.7 Å². The van der Waals surface area contributed by atoms with Gasteiger partial charge < -0.3 is 9.67 Å². The number of hydrogen-bond donors (Lipinski definition) is 1. The van der Waals surface area contributed by atoms with E-state index in [9.17, 15) is 5.11 Å². The second-order valence-electron chi connectivity index (χ2n) is 8.20. The summed E-state index contributed by atoms with van der Waals surface area (Å²) in [6, 6.07) is 2.12. The Hall–Kier alpha value is -0.760. The first kappa shape index (κ1) is 14.6. The monoisotopic (exact) mass is 263 g/mol. The lowest BCUT2D eigenvalue weighted by atomic mass is 9.75. The van der Waals surface area contributed by atoms with E-state index in [1.54, 1.807) is 0 Å². The van der Waals surface area contributed by atoms with Gasteiger partial charge in [-0.3, -0.25) is 0 Å². The van der Waals surface area contributed by atoms with Gasteiger partial charge in [-0.15, -0.1) is 0 Å². The first-order chi connectivity index (χ1) is 8.60. The van der Waals surface area contributed by atoms with Gasteiger partial charge in [0.2, 0.25) is 0 Å². The molecule has 1 aromatic heterocycles. The van der Waals surface area contributed by atoms with Crippen LogP contribution in [0.3, 0.4) is 0 Å². The molecule has 2 nitrogen and oxygen atoms in total. The van der Waals surface area contributed by atoms with Crippen LogP contribution < -0.4 is 0 Å². The molecule has 1 aliphatic carbocycles. The molecule has 0 fully saturated rings. The molecule has 2 atom stereocenters. The van der Waals surface area contributed by atoms with Gasteiger partial charge >= 0.3 is 0 Å². The minimum atomic E-state index is -0.287. The van der Waals surface area contributed by atoms with Crippen LogP contribution >= 0.6 is 0 Å². The van der Waals surface area contributed by atoms with Crippen LogP contribution in [0.15, 0.2) is 12.3 Å². The van der Waals surface area contributed by atoms with Gasteiger partial charge in [0.05, 0.1) is 6.10 Å². The van der Waals surface area contributed by atoms with Crippen LogP contribution in [0.5, 0.6) is 0 Å². The molecule has 2 rings (SSSR count). The smallest absolute Gasteiger partial charge is 0.0812 e. The number of fused-ring (bicyclic) bond motifs is 1. The minimum absolute atomic E-state index is 0.202. The SMILES string of the molecule is CC(Cn1ccc2c1CC(C)(C)CC2O)C(C)(C)C. The molecule has 0 spiro atoms. The first-order valence-corrected chi connectivity index (χ1v) is 7.46. The third kappa shape index (κ3) is 3.05. The summed E-state index contributed by atoms with van der Waals surface area (Å²) in [4.78, 5) is 0. The van der Waals surface area contributed by atoms with Gasteiger partial charge in [0.25, 0.3) is 0 Å². The molecule has 1 heterocycles. The molecule has 2 heteroatoms. The molecule has 0 amide bonds. The molecule has 1 aromatic rings. The average molecular weight is 263 g/mol. The van der Waals surface area contributed by atoms with E-state index in [1.807, 2.05) is 0 Å². The molecule has 0 saturated heterocycles. The van der Waals surface area contributed by atoms with Crippen molar-refractivity contribution in [2.45, 2.75) is 67.0 Å². The van der Waals surface area contributed by atoms with Crippen molar-refractivity contribution in [2.75, 3.05) is 0 Å². The topological polar surface area (TPSA) is 25.2 Å². The first-order valence-electron chi connectivity index (χ1n) is 7.46. The minimum Gasteiger partial charge on any atom is -0.388 e. The predicted octanol–water partition coefficient (Wildman–Crippen LogP) is 4.18. The van der Waals surface area contributed by atoms with E-state index in [1.165, 1.54) is 5.69 Å². The highest BCUT2D eigenvalue weighted by Gasteiger charge is 2.33. The molecule has 2 unspecified atom stereocenters. The third-order valence-electron chi connectivity index (χ3n) is 4.81. The lowest BCUT2D eigenvalue weighted by molar-refractivity contribution is 0.0971. The Labute approximate surface area is 117 Å². The number of hydrogen-bond acceptors (Lipinski definition) is 1. The summed E-state index contributed by atoms with van der Waals surface area (Å²) in [5, 5.41) is 10.3. The van der Waals surface area contributed by atoms with Crippen molar-refractivity contribution >= 4 is 0 Å². The summed E-state index contributed by atoms with van der Waals surface area (Å²) < 4.78 is 2.37. The maximum Gasteiger partial charge on any atom is 0.0812 e. The van der Waals surface area contributed by atoms with Gasteiger partial charge in [0, 0.05) is 24.0 Å². The number of aliphatic hydroxyl groups is 1. The Balaban J connectivity index is 2.26. The highest BCUT2D eigenvalue weighted by atomic mass is 16.3. The maximum atomic E-state index is 10.3. The number of aromatic nitrogens is 1. The molecular formula is C17H29NO. The van der Waals surface area contributed by atoms with Gasteiger partial charge in [-0.2, -0.15) is 0 Å². The Morgan fingerprint density at radius 2 is 2.05 bits per heavy atom. The zero-order chi connectivity index (χ0) is 14.4. The molecule has 0 radical (unpaired) electrons. The van der Waals surface area contributed by atoms with E-state index in [2.05, 4.69) is 58.4 Å². The fourth-order valence-electron chi connectivity index (χ4n) is 2.93. The molecule has 1 aliphatic rings. The normalized spacial score (nSPS) is 24.1. The molecule has 0 aliphatic heterocycles. The van der Waals surface area contributed by atoms with E-state index in [4.69, 9.17) is 0 Å². The van der Waals surface area contributed by atoms with Crippen LogP contribution in [-0.4, -0.2) is 9.67 Å².